The maximum Gasteiger partial charge on any atom is 0.140 e. The number of nitriles is 1. The number of rotatable bonds is 4. The van der Waals surface area contributed by atoms with Crippen molar-refractivity contribution in [3.8, 4) is 6.07 Å². The third kappa shape index (κ3) is 3.81. The van der Waals surface area contributed by atoms with Crippen LogP contribution in [0.5, 0.6) is 0 Å². The molecule has 0 amide bonds. The van der Waals surface area contributed by atoms with Crippen molar-refractivity contribution in [3.05, 3.63) is 71.0 Å². The second-order valence-corrected chi connectivity index (χ2v) is 6.40. The molecule has 1 heterocycles. The quantitative estimate of drug-likeness (QED) is 0.934. The van der Waals surface area contributed by atoms with E-state index < -0.39 is 11.9 Å². The van der Waals surface area contributed by atoms with E-state index in [1.807, 2.05) is 36.4 Å². The molecule has 1 saturated heterocycles. The van der Waals surface area contributed by atoms with Crippen LogP contribution in [0.25, 0.3) is 0 Å². The molecule has 3 nitrogen and oxygen atoms in total. The van der Waals surface area contributed by atoms with Crippen molar-refractivity contribution in [2.75, 3.05) is 13.1 Å². The predicted octanol–water partition coefficient (Wildman–Crippen LogP) is 3.64. The number of benzene rings is 2. The molecule has 3 rings (SSSR count). The number of likely N-dealkylation sites (tertiary alicyclic amines) is 1. The van der Waals surface area contributed by atoms with Crippen molar-refractivity contribution in [2.24, 2.45) is 5.92 Å². The van der Waals surface area contributed by atoms with E-state index in [-0.39, 0.29) is 11.5 Å². The molecule has 1 aliphatic rings. The minimum atomic E-state index is -0.467. The molecule has 1 atom stereocenters. The Morgan fingerprint density at radius 3 is 2.54 bits per heavy atom. The van der Waals surface area contributed by atoms with Gasteiger partial charge in [0.2, 0.25) is 0 Å². The van der Waals surface area contributed by atoms with Crippen molar-refractivity contribution >= 4 is 0 Å². The topological polar surface area (TPSA) is 47.3 Å². The highest BCUT2D eigenvalue weighted by Crippen LogP contribution is 2.31. The first kappa shape index (κ1) is 16.6. The summed E-state index contributed by atoms with van der Waals surface area (Å²) in [5.41, 5.74) is 2.03. The first-order chi connectivity index (χ1) is 11.7. The zero-order valence-electron chi connectivity index (χ0n) is 13.5. The lowest BCUT2D eigenvalue weighted by Crippen LogP contribution is -2.35. The number of piperidine rings is 1. The summed E-state index contributed by atoms with van der Waals surface area (Å²) in [5, 5.41) is 19.4. The Balaban J connectivity index is 1.57. The van der Waals surface area contributed by atoms with Crippen molar-refractivity contribution < 1.29 is 9.50 Å². The van der Waals surface area contributed by atoms with Crippen LogP contribution in [0.3, 0.4) is 0 Å². The van der Waals surface area contributed by atoms with Gasteiger partial charge < -0.3 is 5.11 Å². The lowest BCUT2D eigenvalue weighted by atomic mass is 9.87. The van der Waals surface area contributed by atoms with Gasteiger partial charge in [0.1, 0.15) is 11.9 Å². The van der Waals surface area contributed by atoms with E-state index in [0.717, 1.165) is 37.1 Å². The van der Waals surface area contributed by atoms with Crippen molar-refractivity contribution in [1.82, 2.24) is 4.90 Å². The number of halogens is 1. The number of aliphatic hydroxyl groups is 1. The molecule has 0 spiro atoms. The zero-order valence-corrected chi connectivity index (χ0v) is 13.5. The number of aliphatic hydroxyl groups excluding tert-OH is 1. The summed E-state index contributed by atoms with van der Waals surface area (Å²) in [6, 6.07) is 16.4. The molecule has 2 aromatic carbocycles. The van der Waals surface area contributed by atoms with Gasteiger partial charge in [-0.15, -0.1) is 0 Å². The number of nitrogens with zero attached hydrogens (tertiary/aromatic N) is 2. The first-order valence-corrected chi connectivity index (χ1v) is 8.31. The van der Waals surface area contributed by atoms with E-state index in [9.17, 15) is 9.50 Å². The maximum atomic E-state index is 13.4. The summed E-state index contributed by atoms with van der Waals surface area (Å²) < 4.78 is 13.4. The zero-order chi connectivity index (χ0) is 16.9. The van der Waals surface area contributed by atoms with E-state index in [0.29, 0.717) is 6.54 Å². The average molecular weight is 324 g/mol. The minimum absolute atomic E-state index is 0.0990. The van der Waals surface area contributed by atoms with E-state index in [1.54, 1.807) is 12.1 Å². The number of hydrogen-bond acceptors (Lipinski definition) is 3. The summed E-state index contributed by atoms with van der Waals surface area (Å²) in [5.74, 6) is -0.197. The predicted molar refractivity (Wildman–Crippen MR) is 90.5 cm³/mol. The molecule has 0 bridgehead atoms. The van der Waals surface area contributed by atoms with Crippen LogP contribution in [0.15, 0.2) is 48.5 Å². The summed E-state index contributed by atoms with van der Waals surface area (Å²) in [7, 11) is 0. The molecule has 1 unspecified atom stereocenters. The molecule has 1 fully saturated rings. The highest BCUT2D eigenvalue weighted by Gasteiger charge is 2.26. The van der Waals surface area contributed by atoms with Gasteiger partial charge in [0.15, 0.2) is 0 Å². The molecule has 24 heavy (non-hydrogen) atoms. The second-order valence-electron chi connectivity index (χ2n) is 6.40. The first-order valence-electron chi connectivity index (χ1n) is 8.31. The molecular formula is C20H21FN2O. The van der Waals surface area contributed by atoms with E-state index in [4.69, 9.17) is 5.26 Å². The molecule has 0 aliphatic carbocycles. The lowest BCUT2D eigenvalue weighted by Gasteiger charge is -2.34. The van der Waals surface area contributed by atoms with Crippen molar-refractivity contribution in [3.63, 3.8) is 0 Å². The Labute approximate surface area is 142 Å². The molecule has 4 heteroatoms. The SMILES string of the molecule is N#Cc1cc(CN2CCC(C(O)c3ccccc3)CC2)ccc1F. The van der Waals surface area contributed by atoms with Crippen LogP contribution in [-0.4, -0.2) is 23.1 Å². The molecule has 0 radical (unpaired) electrons. The molecule has 0 saturated carbocycles. The standard InChI is InChI=1S/C20H21FN2O/c21-19-7-6-15(12-18(19)13-22)14-23-10-8-17(9-11-23)20(24)16-4-2-1-3-5-16/h1-7,12,17,20,24H,8-11,14H2. The third-order valence-electron chi connectivity index (χ3n) is 4.78. The fourth-order valence-corrected chi connectivity index (χ4v) is 3.36. The smallest absolute Gasteiger partial charge is 0.140 e. The van der Waals surface area contributed by atoms with Crippen molar-refractivity contribution in [1.29, 1.82) is 5.26 Å². The summed E-state index contributed by atoms with van der Waals surface area (Å²) >= 11 is 0. The van der Waals surface area contributed by atoms with Gasteiger partial charge in [-0.05, 0) is 55.1 Å². The molecule has 0 aromatic heterocycles. The van der Waals surface area contributed by atoms with Crippen molar-refractivity contribution in [2.45, 2.75) is 25.5 Å². The Bertz CT molecular complexity index is 718. The van der Waals surface area contributed by atoms with Crippen LogP contribution in [-0.2, 0) is 6.54 Å². The largest absolute Gasteiger partial charge is 0.388 e. The third-order valence-corrected chi connectivity index (χ3v) is 4.78. The van der Waals surface area contributed by atoms with Crippen LogP contribution >= 0.6 is 0 Å². The maximum absolute atomic E-state index is 13.4. The van der Waals surface area contributed by atoms with E-state index in [2.05, 4.69) is 4.90 Å². The normalized spacial score (nSPS) is 17.4. The van der Waals surface area contributed by atoms with Gasteiger partial charge in [0.25, 0.3) is 0 Å². The van der Waals surface area contributed by atoms with Gasteiger partial charge in [-0.3, -0.25) is 4.90 Å². The van der Waals surface area contributed by atoms with Gasteiger partial charge >= 0.3 is 0 Å². The molecule has 2 aromatic rings. The Hall–Kier alpha value is -2.22. The highest BCUT2D eigenvalue weighted by molar-refractivity contribution is 5.34. The highest BCUT2D eigenvalue weighted by atomic mass is 19.1. The molecular weight excluding hydrogens is 303 g/mol. The second kappa shape index (κ2) is 7.57. The van der Waals surface area contributed by atoms with Crippen LogP contribution in [0.2, 0.25) is 0 Å². The van der Waals surface area contributed by atoms with Gasteiger partial charge in [-0.2, -0.15) is 5.26 Å². The Morgan fingerprint density at radius 1 is 1.17 bits per heavy atom. The number of hydrogen-bond donors (Lipinski definition) is 1. The summed E-state index contributed by atoms with van der Waals surface area (Å²) in [4.78, 5) is 2.29. The van der Waals surface area contributed by atoms with Crippen LogP contribution in [0.4, 0.5) is 4.39 Å². The van der Waals surface area contributed by atoms with Gasteiger partial charge in [-0.25, -0.2) is 4.39 Å². The monoisotopic (exact) mass is 324 g/mol. The summed E-state index contributed by atoms with van der Waals surface area (Å²) in [6.07, 6.45) is 1.45. The fraction of sp³-hybridized carbons (Fsp3) is 0.350. The van der Waals surface area contributed by atoms with Crippen LogP contribution < -0.4 is 0 Å². The lowest BCUT2D eigenvalue weighted by molar-refractivity contribution is 0.0567. The van der Waals surface area contributed by atoms with Crippen LogP contribution in [0.1, 0.15) is 35.6 Å². The Morgan fingerprint density at radius 2 is 1.88 bits per heavy atom. The molecule has 1 aliphatic heterocycles. The van der Waals surface area contributed by atoms with E-state index in [1.165, 1.54) is 6.07 Å². The van der Waals surface area contributed by atoms with Crippen LogP contribution in [0, 0.1) is 23.1 Å². The average Bonchev–Trinajstić information content (AvgIpc) is 2.64. The van der Waals surface area contributed by atoms with E-state index >= 15 is 0 Å². The van der Waals surface area contributed by atoms with Gasteiger partial charge in [0, 0.05) is 6.54 Å². The fourth-order valence-electron chi connectivity index (χ4n) is 3.36. The minimum Gasteiger partial charge on any atom is -0.388 e. The Kier molecular flexibility index (Phi) is 5.24. The summed E-state index contributed by atoms with van der Waals surface area (Å²) in [6.45, 7) is 2.50. The van der Waals surface area contributed by atoms with Gasteiger partial charge in [-0.1, -0.05) is 36.4 Å². The molecule has 1 N–H and O–H groups in total. The van der Waals surface area contributed by atoms with Gasteiger partial charge in [0.05, 0.1) is 11.7 Å². The molecule has 124 valence electrons.